The van der Waals surface area contributed by atoms with Crippen molar-refractivity contribution in [3.05, 3.63) is 29.8 Å². The topological polar surface area (TPSA) is 46.6 Å². The average molecular weight is 247 g/mol. The van der Waals surface area contributed by atoms with E-state index in [9.17, 15) is 9.59 Å². The van der Waals surface area contributed by atoms with Gasteiger partial charge in [0.2, 0.25) is 0 Å². The molecule has 0 aliphatic carbocycles. The maximum Gasteiger partial charge on any atom is 0.328 e. The van der Waals surface area contributed by atoms with E-state index in [0.717, 1.165) is 25.1 Å². The third-order valence-corrected chi connectivity index (χ3v) is 3.33. The molecule has 0 bridgehead atoms. The van der Waals surface area contributed by atoms with Crippen LogP contribution in [0.1, 0.15) is 30.1 Å². The Bertz CT molecular complexity index is 453. The first-order chi connectivity index (χ1) is 8.63. The van der Waals surface area contributed by atoms with Crippen LogP contribution in [-0.4, -0.2) is 31.4 Å². The first-order valence-corrected chi connectivity index (χ1v) is 6.09. The standard InChI is InChI=1S/C14H17NO3/c1-10(16)11-5-7-12(8-6-11)15-9-3-4-13(15)14(17)18-2/h5-8,13H,3-4,9H2,1-2H3. The summed E-state index contributed by atoms with van der Waals surface area (Å²) in [4.78, 5) is 24.9. The fourth-order valence-electron chi connectivity index (χ4n) is 2.34. The highest BCUT2D eigenvalue weighted by atomic mass is 16.5. The summed E-state index contributed by atoms with van der Waals surface area (Å²) >= 11 is 0. The summed E-state index contributed by atoms with van der Waals surface area (Å²) in [6.07, 6.45) is 1.80. The van der Waals surface area contributed by atoms with Crippen molar-refractivity contribution in [1.29, 1.82) is 0 Å². The van der Waals surface area contributed by atoms with Crippen molar-refractivity contribution in [2.24, 2.45) is 0 Å². The van der Waals surface area contributed by atoms with Crippen molar-refractivity contribution in [2.75, 3.05) is 18.6 Å². The van der Waals surface area contributed by atoms with Crippen molar-refractivity contribution in [3.8, 4) is 0 Å². The Balaban J connectivity index is 2.20. The van der Waals surface area contributed by atoms with Gasteiger partial charge in [-0.3, -0.25) is 4.79 Å². The summed E-state index contributed by atoms with van der Waals surface area (Å²) in [5, 5.41) is 0. The number of Topliss-reactive ketones (excluding diaryl/α,β-unsaturated/α-hetero) is 1. The van der Waals surface area contributed by atoms with Crippen LogP contribution in [0.3, 0.4) is 0 Å². The van der Waals surface area contributed by atoms with Crippen LogP contribution in [0.25, 0.3) is 0 Å². The van der Waals surface area contributed by atoms with Gasteiger partial charge in [-0.15, -0.1) is 0 Å². The van der Waals surface area contributed by atoms with Gasteiger partial charge in [0.15, 0.2) is 5.78 Å². The highest BCUT2D eigenvalue weighted by Gasteiger charge is 2.31. The van der Waals surface area contributed by atoms with Gasteiger partial charge in [-0.05, 0) is 44.0 Å². The average Bonchev–Trinajstić information content (AvgIpc) is 2.87. The van der Waals surface area contributed by atoms with Crippen LogP contribution in [0.2, 0.25) is 0 Å². The molecule has 1 aromatic rings. The number of ether oxygens (including phenoxy) is 1. The van der Waals surface area contributed by atoms with E-state index in [1.54, 1.807) is 19.1 Å². The lowest BCUT2D eigenvalue weighted by Crippen LogP contribution is -2.36. The lowest BCUT2D eigenvalue weighted by Gasteiger charge is -2.24. The quantitative estimate of drug-likeness (QED) is 0.605. The number of hydrogen-bond donors (Lipinski definition) is 0. The van der Waals surface area contributed by atoms with Gasteiger partial charge in [0.25, 0.3) is 0 Å². The van der Waals surface area contributed by atoms with E-state index >= 15 is 0 Å². The van der Waals surface area contributed by atoms with E-state index in [-0.39, 0.29) is 17.8 Å². The number of benzene rings is 1. The number of rotatable bonds is 3. The largest absolute Gasteiger partial charge is 0.467 e. The first-order valence-electron chi connectivity index (χ1n) is 6.09. The molecule has 18 heavy (non-hydrogen) atoms. The summed E-state index contributed by atoms with van der Waals surface area (Å²) < 4.78 is 4.81. The van der Waals surface area contributed by atoms with Gasteiger partial charge >= 0.3 is 5.97 Å². The number of carbonyl (C=O) groups excluding carboxylic acids is 2. The summed E-state index contributed by atoms with van der Waals surface area (Å²) in [6, 6.07) is 7.17. The molecule has 0 saturated carbocycles. The van der Waals surface area contributed by atoms with Gasteiger partial charge in [0, 0.05) is 17.8 Å². The number of nitrogens with zero attached hydrogens (tertiary/aromatic N) is 1. The van der Waals surface area contributed by atoms with Crippen molar-refractivity contribution in [1.82, 2.24) is 0 Å². The highest BCUT2D eigenvalue weighted by molar-refractivity contribution is 5.94. The molecule has 4 nitrogen and oxygen atoms in total. The molecule has 0 spiro atoms. The minimum Gasteiger partial charge on any atom is -0.467 e. The maximum atomic E-state index is 11.7. The molecule has 0 aromatic heterocycles. The molecule has 96 valence electrons. The smallest absolute Gasteiger partial charge is 0.328 e. The molecule has 1 saturated heterocycles. The molecule has 1 aliphatic rings. The second kappa shape index (κ2) is 5.21. The highest BCUT2D eigenvalue weighted by Crippen LogP contribution is 2.26. The Morgan fingerprint density at radius 1 is 1.28 bits per heavy atom. The second-order valence-corrected chi connectivity index (χ2v) is 4.48. The van der Waals surface area contributed by atoms with Crippen LogP contribution in [0, 0.1) is 0 Å². The van der Waals surface area contributed by atoms with Crippen molar-refractivity contribution < 1.29 is 14.3 Å². The molecule has 0 amide bonds. The van der Waals surface area contributed by atoms with Crippen LogP contribution < -0.4 is 4.90 Å². The SMILES string of the molecule is COC(=O)C1CCCN1c1ccc(C(C)=O)cc1. The van der Waals surface area contributed by atoms with E-state index < -0.39 is 0 Å². The Kier molecular flexibility index (Phi) is 3.65. The summed E-state index contributed by atoms with van der Waals surface area (Å²) in [5.74, 6) is -0.143. The normalized spacial score (nSPS) is 18.8. The molecule has 1 fully saturated rings. The number of methoxy groups -OCH3 is 1. The molecule has 1 atom stereocenters. The van der Waals surface area contributed by atoms with Crippen LogP contribution in [0.15, 0.2) is 24.3 Å². The van der Waals surface area contributed by atoms with Gasteiger partial charge in [-0.25, -0.2) is 4.79 Å². The predicted molar refractivity (Wildman–Crippen MR) is 68.8 cm³/mol. The number of anilines is 1. The number of carbonyl (C=O) groups is 2. The van der Waals surface area contributed by atoms with Crippen molar-refractivity contribution in [3.63, 3.8) is 0 Å². The minimum absolute atomic E-state index is 0.0486. The second-order valence-electron chi connectivity index (χ2n) is 4.48. The molecule has 1 aromatic carbocycles. The zero-order valence-electron chi connectivity index (χ0n) is 10.7. The zero-order valence-corrected chi connectivity index (χ0v) is 10.7. The van der Waals surface area contributed by atoms with E-state index in [4.69, 9.17) is 4.74 Å². The van der Waals surface area contributed by atoms with Gasteiger partial charge < -0.3 is 9.64 Å². The Labute approximate surface area is 107 Å². The first kappa shape index (κ1) is 12.6. The lowest BCUT2D eigenvalue weighted by molar-refractivity contribution is -0.141. The summed E-state index contributed by atoms with van der Waals surface area (Å²) in [6.45, 7) is 2.39. The summed E-state index contributed by atoms with van der Waals surface area (Å²) in [5.41, 5.74) is 1.65. The number of ketones is 1. The van der Waals surface area contributed by atoms with Crippen molar-refractivity contribution >= 4 is 17.4 Å². The molecule has 0 N–H and O–H groups in total. The van der Waals surface area contributed by atoms with E-state index in [2.05, 4.69) is 0 Å². The van der Waals surface area contributed by atoms with Gasteiger partial charge in [-0.2, -0.15) is 0 Å². The predicted octanol–water partition coefficient (Wildman–Crippen LogP) is 2.03. The monoisotopic (exact) mass is 247 g/mol. The van der Waals surface area contributed by atoms with E-state index in [0.29, 0.717) is 5.56 Å². The Morgan fingerprint density at radius 2 is 1.94 bits per heavy atom. The van der Waals surface area contributed by atoms with Gasteiger partial charge in [0.05, 0.1) is 7.11 Å². The van der Waals surface area contributed by atoms with Gasteiger partial charge in [-0.1, -0.05) is 0 Å². The molecule has 4 heteroatoms. The van der Waals surface area contributed by atoms with Crippen molar-refractivity contribution in [2.45, 2.75) is 25.8 Å². The third kappa shape index (κ3) is 2.37. The molecule has 2 rings (SSSR count). The van der Waals surface area contributed by atoms with E-state index in [1.165, 1.54) is 7.11 Å². The molecule has 0 radical (unpaired) electrons. The van der Waals surface area contributed by atoms with Gasteiger partial charge in [0.1, 0.15) is 6.04 Å². The molecule has 1 heterocycles. The van der Waals surface area contributed by atoms with Crippen LogP contribution in [0.4, 0.5) is 5.69 Å². The Morgan fingerprint density at radius 3 is 2.50 bits per heavy atom. The Hall–Kier alpha value is -1.84. The molecular weight excluding hydrogens is 230 g/mol. The van der Waals surface area contributed by atoms with Crippen LogP contribution in [-0.2, 0) is 9.53 Å². The number of esters is 1. The van der Waals surface area contributed by atoms with E-state index in [1.807, 2.05) is 17.0 Å². The summed E-state index contributed by atoms with van der Waals surface area (Å²) in [7, 11) is 1.41. The zero-order chi connectivity index (χ0) is 13.1. The molecule has 1 aliphatic heterocycles. The fourth-order valence-corrected chi connectivity index (χ4v) is 2.34. The fraction of sp³-hybridized carbons (Fsp3) is 0.429. The van der Waals surface area contributed by atoms with Crippen LogP contribution in [0.5, 0.6) is 0 Å². The minimum atomic E-state index is -0.196. The molecule has 1 unspecified atom stereocenters. The third-order valence-electron chi connectivity index (χ3n) is 3.33. The maximum absolute atomic E-state index is 11.7. The number of hydrogen-bond acceptors (Lipinski definition) is 4. The molecular formula is C14H17NO3. The van der Waals surface area contributed by atoms with Crippen LogP contribution >= 0.6 is 0 Å². The lowest BCUT2D eigenvalue weighted by atomic mass is 10.1.